The summed E-state index contributed by atoms with van der Waals surface area (Å²) in [5.74, 6) is 0.578. The number of rotatable bonds is 5. The van der Waals surface area contributed by atoms with Crippen LogP contribution in [0.3, 0.4) is 0 Å². The quantitative estimate of drug-likeness (QED) is 0.784. The number of hydrogen-bond acceptors (Lipinski definition) is 4. The van der Waals surface area contributed by atoms with E-state index < -0.39 is 5.54 Å². The van der Waals surface area contributed by atoms with E-state index in [4.69, 9.17) is 4.74 Å². The van der Waals surface area contributed by atoms with Crippen LogP contribution in [0.25, 0.3) is 0 Å². The lowest BCUT2D eigenvalue weighted by Gasteiger charge is -2.33. The Morgan fingerprint density at radius 1 is 1.25 bits per heavy atom. The molecule has 0 aromatic rings. The zero-order valence-electron chi connectivity index (χ0n) is 13.7. The van der Waals surface area contributed by atoms with E-state index >= 15 is 0 Å². The lowest BCUT2D eigenvalue weighted by Crippen LogP contribution is -2.58. The Bertz CT molecular complexity index is 360. The Hall–Kier alpha value is -0.610. The van der Waals surface area contributed by atoms with Gasteiger partial charge in [0.05, 0.1) is 7.11 Å². The number of methoxy groups -OCH3 is 1. The van der Waals surface area contributed by atoms with Crippen molar-refractivity contribution in [2.24, 2.45) is 11.3 Å². The van der Waals surface area contributed by atoms with E-state index in [1.807, 2.05) is 6.92 Å². The molecule has 1 saturated carbocycles. The number of carbonyl (C=O) groups is 1. The van der Waals surface area contributed by atoms with Crippen LogP contribution in [0.1, 0.15) is 47.0 Å². The summed E-state index contributed by atoms with van der Waals surface area (Å²) >= 11 is 0. The molecular weight excluding hydrogens is 252 g/mol. The standard InChI is InChI=1S/C16H30N2O2/c1-15(2,3)12-8-9-18(10-12)11-16(4,14(19)20-5)17-13-6-7-13/h12-13,17H,6-11H2,1-5H3. The van der Waals surface area contributed by atoms with Crippen molar-refractivity contribution in [3.8, 4) is 0 Å². The van der Waals surface area contributed by atoms with Crippen molar-refractivity contribution < 1.29 is 9.53 Å². The third-order valence-corrected chi connectivity index (χ3v) is 4.77. The second-order valence-electron chi connectivity index (χ2n) is 7.83. The van der Waals surface area contributed by atoms with Crippen molar-refractivity contribution in [1.82, 2.24) is 10.2 Å². The summed E-state index contributed by atoms with van der Waals surface area (Å²) < 4.78 is 5.02. The first-order chi connectivity index (χ1) is 9.24. The summed E-state index contributed by atoms with van der Waals surface area (Å²) in [6.45, 7) is 11.8. The summed E-state index contributed by atoms with van der Waals surface area (Å²) in [6, 6.07) is 0.500. The van der Waals surface area contributed by atoms with Gasteiger partial charge in [-0.2, -0.15) is 0 Å². The minimum absolute atomic E-state index is 0.136. The van der Waals surface area contributed by atoms with E-state index in [1.54, 1.807) is 0 Å². The molecule has 0 aromatic heterocycles. The van der Waals surface area contributed by atoms with Crippen LogP contribution in [0, 0.1) is 11.3 Å². The summed E-state index contributed by atoms with van der Waals surface area (Å²) in [6.07, 6.45) is 3.58. The lowest BCUT2D eigenvalue weighted by atomic mass is 9.80. The molecule has 2 fully saturated rings. The Balaban J connectivity index is 1.96. The van der Waals surface area contributed by atoms with Crippen molar-refractivity contribution in [2.45, 2.75) is 58.5 Å². The van der Waals surface area contributed by atoms with Crippen molar-refractivity contribution in [2.75, 3.05) is 26.7 Å². The first-order valence-corrected chi connectivity index (χ1v) is 7.83. The van der Waals surface area contributed by atoms with Gasteiger partial charge in [0.2, 0.25) is 0 Å². The van der Waals surface area contributed by atoms with Crippen LogP contribution in [0.15, 0.2) is 0 Å². The van der Waals surface area contributed by atoms with Gasteiger partial charge in [0.15, 0.2) is 0 Å². The topological polar surface area (TPSA) is 41.6 Å². The number of likely N-dealkylation sites (tertiary alicyclic amines) is 1. The predicted molar refractivity (Wildman–Crippen MR) is 80.6 cm³/mol. The molecule has 4 heteroatoms. The molecule has 2 aliphatic rings. The van der Waals surface area contributed by atoms with Gasteiger partial charge in [0, 0.05) is 19.1 Å². The summed E-state index contributed by atoms with van der Waals surface area (Å²) in [7, 11) is 1.48. The number of carbonyl (C=O) groups excluding carboxylic acids is 1. The molecule has 1 N–H and O–H groups in total. The van der Waals surface area contributed by atoms with Crippen LogP contribution < -0.4 is 5.32 Å². The van der Waals surface area contributed by atoms with E-state index in [9.17, 15) is 4.79 Å². The number of esters is 1. The smallest absolute Gasteiger partial charge is 0.327 e. The zero-order valence-corrected chi connectivity index (χ0v) is 13.7. The van der Waals surface area contributed by atoms with E-state index in [1.165, 1.54) is 26.4 Å². The number of hydrogen-bond donors (Lipinski definition) is 1. The average molecular weight is 282 g/mol. The summed E-state index contributed by atoms with van der Waals surface area (Å²) in [5, 5.41) is 3.48. The summed E-state index contributed by atoms with van der Waals surface area (Å²) in [4.78, 5) is 14.6. The van der Waals surface area contributed by atoms with Gasteiger partial charge >= 0.3 is 5.97 Å². The Labute approximate surface area is 123 Å². The van der Waals surface area contributed by atoms with Gasteiger partial charge < -0.3 is 9.64 Å². The van der Waals surface area contributed by atoms with Crippen LogP contribution in [-0.2, 0) is 9.53 Å². The van der Waals surface area contributed by atoms with Crippen LogP contribution in [-0.4, -0.2) is 49.2 Å². The van der Waals surface area contributed by atoms with Crippen molar-refractivity contribution >= 4 is 5.97 Å². The van der Waals surface area contributed by atoms with Gasteiger partial charge in [-0.05, 0) is 44.1 Å². The van der Waals surface area contributed by atoms with Gasteiger partial charge in [-0.15, -0.1) is 0 Å². The minimum atomic E-state index is -0.567. The first-order valence-electron chi connectivity index (χ1n) is 7.83. The van der Waals surface area contributed by atoms with Gasteiger partial charge in [-0.25, -0.2) is 0 Å². The third-order valence-electron chi connectivity index (χ3n) is 4.77. The molecule has 0 aromatic carbocycles. The normalized spacial score (nSPS) is 27.4. The molecule has 20 heavy (non-hydrogen) atoms. The molecule has 116 valence electrons. The zero-order chi connectivity index (χ0) is 15.0. The van der Waals surface area contributed by atoms with E-state index in [0.717, 1.165) is 19.6 Å². The van der Waals surface area contributed by atoms with E-state index in [-0.39, 0.29) is 5.97 Å². The molecule has 0 radical (unpaired) electrons. The maximum Gasteiger partial charge on any atom is 0.327 e. The number of ether oxygens (including phenoxy) is 1. The van der Waals surface area contributed by atoms with Gasteiger partial charge in [0.25, 0.3) is 0 Å². The molecule has 0 amide bonds. The SMILES string of the molecule is COC(=O)C(C)(CN1CCC(C(C)(C)C)C1)NC1CC1. The molecule has 1 aliphatic carbocycles. The molecule has 2 atom stereocenters. The fourth-order valence-corrected chi connectivity index (χ4v) is 3.20. The molecule has 1 saturated heterocycles. The van der Waals surface area contributed by atoms with Crippen molar-refractivity contribution in [3.05, 3.63) is 0 Å². The highest BCUT2D eigenvalue weighted by Gasteiger charge is 2.42. The maximum absolute atomic E-state index is 12.2. The Morgan fingerprint density at radius 3 is 2.35 bits per heavy atom. The average Bonchev–Trinajstić information content (AvgIpc) is 3.02. The molecule has 0 bridgehead atoms. The highest BCUT2D eigenvalue weighted by atomic mass is 16.5. The first kappa shape index (κ1) is 15.8. The van der Waals surface area contributed by atoms with Crippen LogP contribution in [0.4, 0.5) is 0 Å². The summed E-state index contributed by atoms with van der Waals surface area (Å²) in [5.41, 5.74) is -0.219. The highest BCUT2D eigenvalue weighted by Crippen LogP contribution is 2.34. The highest BCUT2D eigenvalue weighted by molar-refractivity contribution is 5.80. The lowest BCUT2D eigenvalue weighted by molar-refractivity contribution is -0.148. The number of nitrogens with one attached hydrogen (secondary N) is 1. The Kier molecular flexibility index (Phi) is 4.45. The monoisotopic (exact) mass is 282 g/mol. The van der Waals surface area contributed by atoms with Crippen LogP contribution in [0.2, 0.25) is 0 Å². The molecule has 0 spiro atoms. The predicted octanol–water partition coefficient (Wildman–Crippen LogP) is 2.04. The van der Waals surface area contributed by atoms with Crippen molar-refractivity contribution in [3.63, 3.8) is 0 Å². The number of nitrogens with zero attached hydrogens (tertiary/aromatic N) is 1. The van der Waals surface area contributed by atoms with Crippen LogP contribution in [0.5, 0.6) is 0 Å². The van der Waals surface area contributed by atoms with E-state index in [0.29, 0.717) is 17.4 Å². The largest absolute Gasteiger partial charge is 0.468 e. The Morgan fingerprint density at radius 2 is 1.90 bits per heavy atom. The molecule has 2 rings (SSSR count). The fourth-order valence-electron chi connectivity index (χ4n) is 3.20. The van der Waals surface area contributed by atoms with Gasteiger partial charge in [-0.1, -0.05) is 20.8 Å². The fraction of sp³-hybridized carbons (Fsp3) is 0.938. The molecule has 1 aliphatic heterocycles. The molecule has 1 heterocycles. The van der Waals surface area contributed by atoms with E-state index in [2.05, 4.69) is 31.0 Å². The second-order valence-corrected chi connectivity index (χ2v) is 7.83. The molecule has 4 nitrogen and oxygen atoms in total. The molecular formula is C16H30N2O2. The minimum Gasteiger partial charge on any atom is -0.468 e. The third kappa shape index (κ3) is 3.73. The van der Waals surface area contributed by atoms with Crippen LogP contribution >= 0.6 is 0 Å². The maximum atomic E-state index is 12.2. The molecule has 2 unspecified atom stereocenters. The second kappa shape index (κ2) is 5.64. The van der Waals surface area contributed by atoms with Gasteiger partial charge in [-0.3, -0.25) is 10.1 Å². The van der Waals surface area contributed by atoms with Crippen molar-refractivity contribution in [1.29, 1.82) is 0 Å². The van der Waals surface area contributed by atoms with Gasteiger partial charge in [0.1, 0.15) is 5.54 Å².